The van der Waals surface area contributed by atoms with Gasteiger partial charge < -0.3 is 10.1 Å². The Morgan fingerprint density at radius 2 is 1.81 bits per heavy atom. The van der Waals surface area contributed by atoms with Crippen molar-refractivity contribution >= 4 is 15.9 Å². The van der Waals surface area contributed by atoms with E-state index >= 15 is 0 Å². The van der Waals surface area contributed by atoms with Crippen LogP contribution in [0.4, 0.5) is 0 Å². The van der Waals surface area contributed by atoms with E-state index in [4.69, 9.17) is 4.74 Å². The Labute approximate surface area is 135 Å². The van der Waals surface area contributed by atoms with E-state index in [0.717, 1.165) is 16.8 Å². The highest BCUT2D eigenvalue weighted by atomic mass is 79.9. The van der Waals surface area contributed by atoms with Crippen molar-refractivity contribution < 1.29 is 4.74 Å². The summed E-state index contributed by atoms with van der Waals surface area (Å²) in [4.78, 5) is 0. The summed E-state index contributed by atoms with van der Waals surface area (Å²) in [5, 5.41) is 3.60. The van der Waals surface area contributed by atoms with E-state index < -0.39 is 0 Å². The molecule has 0 saturated heterocycles. The molecule has 0 aliphatic rings. The van der Waals surface area contributed by atoms with Crippen LogP contribution in [0.1, 0.15) is 35.2 Å². The number of nitrogens with one attached hydrogen (secondary N) is 1. The molecule has 0 amide bonds. The molecule has 1 unspecified atom stereocenters. The van der Waals surface area contributed by atoms with Gasteiger partial charge >= 0.3 is 0 Å². The van der Waals surface area contributed by atoms with Crippen LogP contribution in [0.25, 0.3) is 0 Å². The van der Waals surface area contributed by atoms with E-state index in [1.807, 2.05) is 6.07 Å². The first-order chi connectivity index (χ1) is 10.0. The van der Waals surface area contributed by atoms with Gasteiger partial charge in [-0.2, -0.15) is 0 Å². The molecule has 0 bridgehead atoms. The predicted octanol–water partition coefficient (Wildman–Crippen LogP) is 4.93. The lowest BCUT2D eigenvalue weighted by atomic mass is 10.0. The number of halogens is 1. The van der Waals surface area contributed by atoms with Crippen LogP contribution in [-0.4, -0.2) is 7.11 Å². The molecule has 0 aromatic heterocycles. The second-order valence-electron chi connectivity index (χ2n) is 5.37. The smallest absolute Gasteiger partial charge is 0.133 e. The average Bonchev–Trinajstić information content (AvgIpc) is 2.46. The fraction of sp³-hybridized carbons (Fsp3) is 0.333. The van der Waals surface area contributed by atoms with Crippen molar-refractivity contribution in [1.82, 2.24) is 5.32 Å². The third-order valence-electron chi connectivity index (χ3n) is 3.91. The summed E-state index contributed by atoms with van der Waals surface area (Å²) in [5.41, 5.74) is 5.31. The van der Waals surface area contributed by atoms with Crippen LogP contribution in [0.5, 0.6) is 5.75 Å². The molecule has 0 radical (unpaired) electrons. The molecule has 0 aliphatic heterocycles. The topological polar surface area (TPSA) is 21.3 Å². The van der Waals surface area contributed by atoms with Crippen LogP contribution in [0.3, 0.4) is 0 Å². The van der Waals surface area contributed by atoms with Crippen LogP contribution >= 0.6 is 15.9 Å². The number of hydrogen-bond acceptors (Lipinski definition) is 2. The molecule has 21 heavy (non-hydrogen) atoms. The first kappa shape index (κ1) is 16.1. The van der Waals surface area contributed by atoms with Crippen LogP contribution < -0.4 is 10.1 Å². The zero-order chi connectivity index (χ0) is 15.4. The van der Waals surface area contributed by atoms with Crippen molar-refractivity contribution in [2.45, 2.75) is 33.4 Å². The molecule has 0 heterocycles. The fourth-order valence-corrected chi connectivity index (χ4v) is 3.01. The molecule has 2 rings (SSSR count). The maximum atomic E-state index is 5.27. The Morgan fingerprint density at radius 1 is 1.14 bits per heavy atom. The first-order valence-corrected chi connectivity index (χ1v) is 7.94. The highest BCUT2D eigenvalue weighted by molar-refractivity contribution is 9.10. The molecule has 1 N–H and O–H groups in total. The van der Waals surface area contributed by atoms with E-state index in [2.05, 4.69) is 72.3 Å². The van der Waals surface area contributed by atoms with Gasteiger partial charge in [0.15, 0.2) is 0 Å². The quantitative estimate of drug-likeness (QED) is 0.828. The molecular weight excluding hydrogens is 326 g/mol. The zero-order valence-electron chi connectivity index (χ0n) is 13.0. The molecule has 2 aromatic rings. The minimum atomic E-state index is 0.284. The van der Waals surface area contributed by atoms with Crippen molar-refractivity contribution in [3.63, 3.8) is 0 Å². The molecule has 2 nitrogen and oxygen atoms in total. The van der Waals surface area contributed by atoms with Gasteiger partial charge in [0.1, 0.15) is 5.75 Å². The lowest BCUT2D eigenvalue weighted by Gasteiger charge is -2.17. The van der Waals surface area contributed by atoms with Gasteiger partial charge in [0.05, 0.1) is 11.6 Å². The third-order valence-corrected chi connectivity index (χ3v) is 4.53. The Kier molecular flexibility index (Phi) is 5.43. The Morgan fingerprint density at radius 3 is 2.38 bits per heavy atom. The van der Waals surface area contributed by atoms with Crippen molar-refractivity contribution in [3.05, 3.63) is 63.1 Å². The molecule has 1 atom stereocenters. The van der Waals surface area contributed by atoms with Gasteiger partial charge in [-0.05, 0) is 71.1 Å². The highest BCUT2D eigenvalue weighted by Gasteiger charge is 2.09. The van der Waals surface area contributed by atoms with Gasteiger partial charge in [0.2, 0.25) is 0 Å². The maximum absolute atomic E-state index is 5.27. The summed E-state index contributed by atoms with van der Waals surface area (Å²) >= 11 is 3.54. The van der Waals surface area contributed by atoms with Gasteiger partial charge in [0, 0.05) is 12.6 Å². The van der Waals surface area contributed by atoms with E-state index in [-0.39, 0.29) is 6.04 Å². The minimum Gasteiger partial charge on any atom is -0.496 e. The van der Waals surface area contributed by atoms with Gasteiger partial charge in [-0.1, -0.05) is 24.3 Å². The molecule has 0 aliphatic carbocycles. The van der Waals surface area contributed by atoms with Crippen molar-refractivity contribution in [1.29, 1.82) is 0 Å². The van der Waals surface area contributed by atoms with Gasteiger partial charge in [-0.15, -0.1) is 0 Å². The van der Waals surface area contributed by atoms with Crippen molar-refractivity contribution in [2.24, 2.45) is 0 Å². The van der Waals surface area contributed by atoms with Gasteiger partial charge in [-0.3, -0.25) is 0 Å². The minimum absolute atomic E-state index is 0.284. The number of benzene rings is 2. The van der Waals surface area contributed by atoms with Crippen LogP contribution in [0.15, 0.2) is 40.9 Å². The zero-order valence-corrected chi connectivity index (χ0v) is 14.6. The second-order valence-corrected chi connectivity index (χ2v) is 6.22. The number of aryl methyl sites for hydroxylation is 2. The Hall–Kier alpha value is -1.32. The lowest BCUT2D eigenvalue weighted by Crippen LogP contribution is -2.19. The van der Waals surface area contributed by atoms with Crippen LogP contribution in [0.2, 0.25) is 0 Å². The second kappa shape index (κ2) is 7.10. The SMILES string of the molecule is COc1ccc(C(C)NCc2c(C)cccc2C)cc1Br. The molecule has 2 aromatic carbocycles. The van der Waals surface area contributed by atoms with E-state index in [1.54, 1.807) is 7.11 Å². The normalized spacial score (nSPS) is 12.2. The Bertz CT molecular complexity index is 604. The fourth-order valence-electron chi connectivity index (χ4n) is 2.45. The highest BCUT2D eigenvalue weighted by Crippen LogP contribution is 2.28. The van der Waals surface area contributed by atoms with Crippen molar-refractivity contribution in [2.75, 3.05) is 7.11 Å². The standard InChI is InChI=1S/C18H22BrNO/c1-12-6-5-7-13(2)16(12)11-20-14(3)15-8-9-18(21-4)17(19)10-15/h5-10,14,20H,11H2,1-4H3. The first-order valence-electron chi connectivity index (χ1n) is 7.15. The third kappa shape index (κ3) is 3.86. The van der Waals surface area contributed by atoms with E-state index in [1.165, 1.54) is 22.3 Å². The summed E-state index contributed by atoms with van der Waals surface area (Å²) in [6.07, 6.45) is 0. The summed E-state index contributed by atoms with van der Waals surface area (Å²) in [6.45, 7) is 7.39. The summed E-state index contributed by atoms with van der Waals surface area (Å²) in [5.74, 6) is 0.862. The molecule has 112 valence electrons. The average molecular weight is 348 g/mol. The molecule has 0 spiro atoms. The molecule has 0 fully saturated rings. The van der Waals surface area contributed by atoms with E-state index in [9.17, 15) is 0 Å². The summed E-state index contributed by atoms with van der Waals surface area (Å²) in [6, 6.07) is 12.9. The number of hydrogen-bond donors (Lipinski definition) is 1. The molecule has 0 saturated carbocycles. The molecular formula is C18H22BrNO. The summed E-state index contributed by atoms with van der Waals surface area (Å²) < 4.78 is 6.26. The number of ether oxygens (including phenoxy) is 1. The molecule has 3 heteroatoms. The van der Waals surface area contributed by atoms with Gasteiger partial charge in [-0.25, -0.2) is 0 Å². The van der Waals surface area contributed by atoms with Crippen LogP contribution in [0, 0.1) is 13.8 Å². The van der Waals surface area contributed by atoms with Crippen molar-refractivity contribution in [3.8, 4) is 5.75 Å². The number of rotatable bonds is 5. The van der Waals surface area contributed by atoms with Crippen LogP contribution in [-0.2, 0) is 6.54 Å². The summed E-state index contributed by atoms with van der Waals surface area (Å²) in [7, 11) is 1.68. The van der Waals surface area contributed by atoms with E-state index in [0.29, 0.717) is 0 Å². The van der Waals surface area contributed by atoms with Gasteiger partial charge in [0.25, 0.3) is 0 Å². The monoisotopic (exact) mass is 347 g/mol. The number of methoxy groups -OCH3 is 1. The Balaban J connectivity index is 2.08. The largest absolute Gasteiger partial charge is 0.496 e. The predicted molar refractivity (Wildman–Crippen MR) is 91.9 cm³/mol. The lowest BCUT2D eigenvalue weighted by molar-refractivity contribution is 0.411. The maximum Gasteiger partial charge on any atom is 0.133 e.